The standard InChI is InChI=1S/C27H43N5O3/c33-26(30-25-22-13-20-12-21(15-22)16-23(25)14-20)24-17-29-32(7-6-28-31-8-10-34-11-9-31)27(24)35-18-19-4-2-1-3-5-19/h17,19-23,25,28H,1-16,18H2,(H,30,33). The van der Waals surface area contributed by atoms with E-state index in [1.807, 2.05) is 4.68 Å². The van der Waals surface area contributed by atoms with Crippen LogP contribution in [0.25, 0.3) is 0 Å². The number of nitrogens with zero attached hydrogens (tertiary/aromatic N) is 3. The van der Waals surface area contributed by atoms with Crippen molar-refractivity contribution >= 4 is 5.91 Å². The molecule has 1 amide bonds. The molecule has 1 saturated heterocycles. The number of carbonyl (C=O) groups excluding carboxylic acids is 1. The third-order valence-corrected chi connectivity index (χ3v) is 9.41. The maximum absolute atomic E-state index is 13.6. The lowest BCUT2D eigenvalue weighted by atomic mass is 9.54. The van der Waals surface area contributed by atoms with Crippen LogP contribution in [-0.4, -0.2) is 66.2 Å². The summed E-state index contributed by atoms with van der Waals surface area (Å²) in [5, 5.41) is 10.3. The number of carbonyl (C=O) groups is 1. The molecule has 2 N–H and O–H groups in total. The van der Waals surface area contributed by atoms with E-state index in [0.717, 1.165) is 44.7 Å². The van der Waals surface area contributed by atoms with Crippen molar-refractivity contribution in [3.63, 3.8) is 0 Å². The van der Waals surface area contributed by atoms with E-state index in [1.54, 1.807) is 6.20 Å². The van der Waals surface area contributed by atoms with Crippen LogP contribution in [0.1, 0.15) is 74.6 Å². The number of aromatic nitrogens is 2. The van der Waals surface area contributed by atoms with E-state index in [-0.39, 0.29) is 5.91 Å². The van der Waals surface area contributed by atoms with Gasteiger partial charge in [-0.3, -0.25) is 10.2 Å². The molecule has 0 aromatic carbocycles. The molecule has 5 aliphatic carbocycles. The van der Waals surface area contributed by atoms with Crippen LogP contribution < -0.4 is 15.5 Å². The molecule has 0 atom stereocenters. The van der Waals surface area contributed by atoms with Crippen LogP contribution in [-0.2, 0) is 11.3 Å². The van der Waals surface area contributed by atoms with Gasteiger partial charge >= 0.3 is 0 Å². The molecule has 5 saturated carbocycles. The Bertz CT molecular complexity index is 833. The molecule has 1 aromatic heterocycles. The molecule has 1 aliphatic heterocycles. The molecule has 0 radical (unpaired) electrons. The smallest absolute Gasteiger partial charge is 0.258 e. The van der Waals surface area contributed by atoms with Crippen LogP contribution >= 0.6 is 0 Å². The molecule has 6 aliphatic rings. The minimum absolute atomic E-state index is 0.00788. The zero-order valence-electron chi connectivity index (χ0n) is 21.1. The summed E-state index contributed by atoms with van der Waals surface area (Å²) >= 11 is 0. The van der Waals surface area contributed by atoms with Crippen molar-refractivity contribution in [3.05, 3.63) is 11.8 Å². The lowest BCUT2D eigenvalue weighted by Gasteiger charge is -2.54. The molecule has 0 spiro atoms. The van der Waals surface area contributed by atoms with Crippen LogP contribution in [0, 0.1) is 29.6 Å². The Morgan fingerprint density at radius 3 is 2.46 bits per heavy atom. The summed E-state index contributed by atoms with van der Waals surface area (Å²) in [5.41, 5.74) is 4.09. The topological polar surface area (TPSA) is 80.7 Å². The van der Waals surface area contributed by atoms with E-state index in [9.17, 15) is 4.79 Å². The number of hydrazine groups is 1. The van der Waals surface area contributed by atoms with E-state index < -0.39 is 0 Å². The molecule has 1 aromatic rings. The number of hydrogen-bond donors (Lipinski definition) is 2. The minimum Gasteiger partial charge on any atom is -0.477 e. The molecule has 0 unspecified atom stereocenters. The summed E-state index contributed by atoms with van der Waals surface area (Å²) < 4.78 is 13.7. The van der Waals surface area contributed by atoms with Crippen molar-refractivity contribution in [2.75, 3.05) is 39.5 Å². The average molecular weight is 486 g/mol. The first kappa shape index (κ1) is 23.7. The lowest BCUT2D eigenvalue weighted by Crippen LogP contribution is -2.55. The van der Waals surface area contributed by atoms with Crippen LogP contribution in [0.3, 0.4) is 0 Å². The summed E-state index contributed by atoms with van der Waals surface area (Å²) in [6.45, 7) is 5.41. The van der Waals surface area contributed by atoms with Crippen LogP contribution in [0.5, 0.6) is 5.88 Å². The third-order valence-electron chi connectivity index (χ3n) is 9.41. The van der Waals surface area contributed by atoms with Crippen molar-refractivity contribution in [1.82, 2.24) is 25.5 Å². The van der Waals surface area contributed by atoms with E-state index in [2.05, 4.69) is 20.9 Å². The van der Waals surface area contributed by atoms with Crippen molar-refractivity contribution in [1.29, 1.82) is 0 Å². The summed E-state index contributed by atoms with van der Waals surface area (Å²) in [7, 11) is 0. The van der Waals surface area contributed by atoms with Gasteiger partial charge in [0.05, 0.1) is 32.6 Å². The zero-order chi connectivity index (χ0) is 23.6. The largest absolute Gasteiger partial charge is 0.477 e. The quantitative estimate of drug-likeness (QED) is 0.559. The average Bonchev–Trinajstić information content (AvgIpc) is 3.28. The summed E-state index contributed by atoms with van der Waals surface area (Å²) in [5.74, 6) is 4.38. The molecule has 7 rings (SSSR count). The Morgan fingerprint density at radius 1 is 1.03 bits per heavy atom. The molecule has 8 heteroatoms. The fourth-order valence-corrected chi connectivity index (χ4v) is 7.82. The molecule has 35 heavy (non-hydrogen) atoms. The van der Waals surface area contributed by atoms with E-state index in [0.29, 0.717) is 48.4 Å². The van der Waals surface area contributed by atoms with Gasteiger partial charge in [0.1, 0.15) is 5.56 Å². The Morgan fingerprint density at radius 2 is 1.74 bits per heavy atom. The van der Waals surface area contributed by atoms with Gasteiger partial charge in [-0.05, 0) is 74.5 Å². The van der Waals surface area contributed by atoms with Gasteiger partial charge in [0.15, 0.2) is 0 Å². The monoisotopic (exact) mass is 485 g/mol. The lowest BCUT2D eigenvalue weighted by molar-refractivity contribution is -0.0120. The Labute approximate surface area is 209 Å². The SMILES string of the molecule is O=C(NC1C2CC3CC(C2)CC1C3)c1cnn(CCNN2CCOCC2)c1OCC1CCCCC1. The highest BCUT2D eigenvalue weighted by molar-refractivity contribution is 5.96. The highest BCUT2D eigenvalue weighted by Crippen LogP contribution is 2.53. The van der Waals surface area contributed by atoms with Crippen molar-refractivity contribution in [3.8, 4) is 5.88 Å². The molecule has 4 bridgehead atoms. The van der Waals surface area contributed by atoms with Gasteiger partial charge in [0, 0.05) is 25.7 Å². The first-order chi connectivity index (χ1) is 17.2. The number of amides is 1. The second-order valence-corrected chi connectivity index (χ2v) is 11.8. The number of ether oxygens (including phenoxy) is 2. The van der Waals surface area contributed by atoms with Gasteiger partial charge in [0.25, 0.3) is 5.91 Å². The van der Waals surface area contributed by atoms with Crippen molar-refractivity contribution in [2.45, 2.75) is 76.8 Å². The first-order valence-electron chi connectivity index (χ1n) is 14.3. The van der Waals surface area contributed by atoms with Gasteiger partial charge in [-0.25, -0.2) is 9.69 Å². The van der Waals surface area contributed by atoms with Crippen molar-refractivity contribution < 1.29 is 14.3 Å². The van der Waals surface area contributed by atoms with Gasteiger partial charge in [-0.2, -0.15) is 5.10 Å². The van der Waals surface area contributed by atoms with E-state index in [4.69, 9.17) is 9.47 Å². The van der Waals surface area contributed by atoms with Crippen LogP contribution in [0.15, 0.2) is 6.20 Å². The van der Waals surface area contributed by atoms with Gasteiger partial charge in [0.2, 0.25) is 5.88 Å². The number of hydrogen-bond acceptors (Lipinski definition) is 6. The number of nitrogens with one attached hydrogen (secondary N) is 2. The van der Waals surface area contributed by atoms with E-state index in [1.165, 1.54) is 64.2 Å². The Hall–Kier alpha value is -1.64. The molecule has 2 heterocycles. The maximum atomic E-state index is 13.6. The highest BCUT2D eigenvalue weighted by atomic mass is 16.5. The summed E-state index contributed by atoms with van der Waals surface area (Å²) in [6.07, 6.45) is 14.7. The van der Waals surface area contributed by atoms with Gasteiger partial charge in [-0.1, -0.05) is 19.3 Å². The fourth-order valence-electron chi connectivity index (χ4n) is 7.82. The molecule has 194 valence electrons. The van der Waals surface area contributed by atoms with Crippen LogP contribution in [0.4, 0.5) is 0 Å². The van der Waals surface area contributed by atoms with Gasteiger partial charge in [-0.15, -0.1) is 0 Å². The molecule has 8 nitrogen and oxygen atoms in total. The Balaban J connectivity index is 1.12. The zero-order valence-corrected chi connectivity index (χ0v) is 21.1. The number of morpholine rings is 1. The minimum atomic E-state index is 0.00788. The van der Waals surface area contributed by atoms with Crippen molar-refractivity contribution in [2.24, 2.45) is 29.6 Å². The molecular weight excluding hydrogens is 442 g/mol. The molecule has 6 fully saturated rings. The maximum Gasteiger partial charge on any atom is 0.258 e. The predicted molar refractivity (Wildman–Crippen MR) is 133 cm³/mol. The van der Waals surface area contributed by atoms with E-state index >= 15 is 0 Å². The predicted octanol–water partition coefficient (Wildman–Crippen LogP) is 3.23. The summed E-state index contributed by atoms with van der Waals surface area (Å²) in [6, 6.07) is 0.327. The Kier molecular flexibility index (Phi) is 7.30. The fraction of sp³-hybridized carbons (Fsp3) is 0.852. The highest BCUT2D eigenvalue weighted by Gasteiger charge is 2.48. The van der Waals surface area contributed by atoms with Gasteiger partial charge < -0.3 is 14.8 Å². The second kappa shape index (κ2) is 10.8. The molecular formula is C27H43N5O3. The second-order valence-electron chi connectivity index (χ2n) is 11.8. The normalized spacial score (nSPS) is 33.2. The third kappa shape index (κ3) is 5.39. The number of rotatable bonds is 9. The van der Waals surface area contributed by atoms with Crippen LogP contribution in [0.2, 0.25) is 0 Å². The first-order valence-corrected chi connectivity index (χ1v) is 14.3. The summed E-state index contributed by atoms with van der Waals surface area (Å²) in [4.78, 5) is 13.6.